The summed E-state index contributed by atoms with van der Waals surface area (Å²) in [4.78, 5) is 0. The number of aryl methyl sites for hydroxylation is 2. The summed E-state index contributed by atoms with van der Waals surface area (Å²) < 4.78 is 11.4. The maximum atomic E-state index is 5.82. The van der Waals surface area contributed by atoms with E-state index >= 15 is 0 Å². The van der Waals surface area contributed by atoms with Crippen LogP contribution in [0.2, 0.25) is 0 Å². The fourth-order valence-corrected chi connectivity index (χ4v) is 2.96. The van der Waals surface area contributed by atoms with Gasteiger partial charge in [0.15, 0.2) is 0 Å². The minimum atomic E-state index is 0.482. The molecule has 1 aliphatic heterocycles. The van der Waals surface area contributed by atoms with Gasteiger partial charge in [0.25, 0.3) is 0 Å². The molecular weight excluding hydrogens is 244 g/mol. The molecular formula is C15H22O2S. The SMILES string of the molecule is Cc1ccc(C)c(OCCSCC2CCCO2)c1. The van der Waals surface area contributed by atoms with Crippen LogP contribution in [0.25, 0.3) is 0 Å². The Labute approximate surface area is 114 Å². The lowest BCUT2D eigenvalue weighted by Gasteiger charge is -2.11. The number of thioether (sulfide) groups is 1. The molecule has 1 fully saturated rings. The highest BCUT2D eigenvalue weighted by Crippen LogP contribution is 2.20. The highest BCUT2D eigenvalue weighted by Gasteiger charge is 2.14. The Bertz CT molecular complexity index is 373. The Morgan fingerprint density at radius 3 is 3.06 bits per heavy atom. The van der Waals surface area contributed by atoms with E-state index in [0.717, 1.165) is 30.5 Å². The van der Waals surface area contributed by atoms with Crippen LogP contribution < -0.4 is 4.74 Å². The Morgan fingerprint density at radius 1 is 1.39 bits per heavy atom. The van der Waals surface area contributed by atoms with E-state index in [1.165, 1.54) is 24.0 Å². The average molecular weight is 266 g/mol. The van der Waals surface area contributed by atoms with Crippen molar-refractivity contribution in [1.29, 1.82) is 0 Å². The third-order valence-corrected chi connectivity index (χ3v) is 4.22. The second-order valence-electron chi connectivity index (χ2n) is 4.83. The number of hydrogen-bond donors (Lipinski definition) is 0. The van der Waals surface area contributed by atoms with Crippen LogP contribution >= 0.6 is 11.8 Å². The first-order valence-corrected chi connectivity index (χ1v) is 7.80. The molecule has 3 heteroatoms. The summed E-state index contributed by atoms with van der Waals surface area (Å²) >= 11 is 1.93. The molecule has 0 bridgehead atoms. The molecule has 0 spiro atoms. The summed E-state index contributed by atoms with van der Waals surface area (Å²) in [6.45, 7) is 5.92. The van der Waals surface area contributed by atoms with Crippen LogP contribution in [0.1, 0.15) is 24.0 Å². The first-order chi connectivity index (χ1) is 8.75. The van der Waals surface area contributed by atoms with Crippen molar-refractivity contribution >= 4 is 11.8 Å². The Morgan fingerprint density at radius 2 is 2.28 bits per heavy atom. The summed E-state index contributed by atoms with van der Waals surface area (Å²) in [5.41, 5.74) is 2.47. The second-order valence-corrected chi connectivity index (χ2v) is 5.98. The van der Waals surface area contributed by atoms with Gasteiger partial charge in [0.05, 0.1) is 12.7 Å². The molecule has 0 amide bonds. The molecule has 1 unspecified atom stereocenters. The Kier molecular flexibility index (Phi) is 5.39. The zero-order valence-electron chi connectivity index (χ0n) is 11.3. The number of ether oxygens (including phenoxy) is 2. The molecule has 1 aromatic carbocycles. The molecule has 2 nitrogen and oxygen atoms in total. The molecule has 0 aliphatic carbocycles. The number of rotatable bonds is 6. The van der Waals surface area contributed by atoms with Crippen LogP contribution in [0.15, 0.2) is 18.2 Å². The van der Waals surface area contributed by atoms with Crippen molar-refractivity contribution in [2.75, 3.05) is 24.7 Å². The van der Waals surface area contributed by atoms with Crippen LogP contribution in [0.3, 0.4) is 0 Å². The maximum absolute atomic E-state index is 5.82. The van der Waals surface area contributed by atoms with Crippen molar-refractivity contribution in [2.45, 2.75) is 32.8 Å². The van der Waals surface area contributed by atoms with Crippen LogP contribution in [-0.4, -0.2) is 30.8 Å². The van der Waals surface area contributed by atoms with E-state index in [1.807, 2.05) is 11.8 Å². The highest BCUT2D eigenvalue weighted by molar-refractivity contribution is 7.99. The molecule has 0 saturated carbocycles. The predicted octanol–water partition coefficient (Wildman–Crippen LogP) is 3.59. The van der Waals surface area contributed by atoms with Gasteiger partial charge in [-0.3, -0.25) is 0 Å². The zero-order chi connectivity index (χ0) is 12.8. The van der Waals surface area contributed by atoms with Crippen LogP contribution in [-0.2, 0) is 4.74 Å². The largest absolute Gasteiger partial charge is 0.492 e. The van der Waals surface area contributed by atoms with Gasteiger partial charge in [-0.05, 0) is 43.9 Å². The van der Waals surface area contributed by atoms with E-state index < -0.39 is 0 Å². The maximum Gasteiger partial charge on any atom is 0.122 e. The fraction of sp³-hybridized carbons (Fsp3) is 0.600. The third-order valence-electron chi connectivity index (χ3n) is 3.16. The summed E-state index contributed by atoms with van der Waals surface area (Å²) in [6.07, 6.45) is 2.94. The van der Waals surface area contributed by atoms with Crippen molar-refractivity contribution in [3.05, 3.63) is 29.3 Å². The third kappa shape index (κ3) is 4.21. The first kappa shape index (κ1) is 13.8. The van der Waals surface area contributed by atoms with Crippen LogP contribution in [0.5, 0.6) is 5.75 Å². The van der Waals surface area contributed by atoms with Gasteiger partial charge in [-0.15, -0.1) is 0 Å². The molecule has 0 N–H and O–H groups in total. The zero-order valence-corrected chi connectivity index (χ0v) is 12.1. The van der Waals surface area contributed by atoms with Crippen molar-refractivity contribution in [2.24, 2.45) is 0 Å². The van der Waals surface area contributed by atoms with E-state index in [9.17, 15) is 0 Å². The standard InChI is InChI=1S/C15H22O2S/c1-12-5-6-13(2)15(10-12)17-8-9-18-11-14-4-3-7-16-14/h5-6,10,14H,3-4,7-9,11H2,1-2H3. The van der Waals surface area contributed by atoms with Crippen molar-refractivity contribution in [3.8, 4) is 5.75 Å². The first-order valence-electron chi connectivity index (χ1n) is 6.65. The van der Waals surface area contributed by atoms with Gasteiger partial charge in [0.1, 0.15) is 5.75 Å². The van der Waals surface area contributed by atoms with E-state index in [2.05, 4.69) is 32.0 Å². The molecule has 100 valence electrons. The smallest absolute Gasteiger partial charge is 0.122 e. The molecule has 0 aromatic heterocycles. The molecule has 1 aromatic rings. The van der Waals surface area contributed by atoms with Crippen LogP contribution in [0, 0.1) is 13.8 Å². The molecule has 1 saturated heterocycles. The minimum Gasteiger partial charge on any atom is -0.492 e. The topological polar surface area (TPSA) is 18.5 Å². The minimum absolute atomic E-state index is 0.482. The van der Waals surface area contributed by atoms with E-state index in [1.54, 1.807) is 0 Å². The molecule has 1 aliphatic rings. The molecule has 2 rings (SSSR count). The van der Waals surface area contributed by atoms with E-state index in [-0.39, 0.29) is 0 Å². The monoisotopic (exact) mass is 266 g/mol. The summed E-state index contributed by atoms with van der Waals surface area (Å²) in [7, 11) is 0. The quantitative estimate of drug-likeness (QED) is 0.733. The summed E-state index contributed by atoms with van der Waals surface area (Å²) in [5, 5.41) is 0. The number of hydrogen-bond acceptors (Lipinski definition) is 3. The van der Waals surface area contributed by atoms with Gasteiger partial charge in [0.2, 0.25) is 0 Å². The van der Waals surface area contributed by atoms with Gasteiger partial charge < -0.3 is 9.47 Å². The van der Waals surface area contributed by atoms with Crippen molar-refractivity contribution < 1.29 is 9.47 Å². The molecule has 1 atom stereocenters. The highest BCUT2D eigenvalue weighted by atomic mass is 32.2. The average Bonchev–Trinajstić information content (AvgIpc) is 2.86. The van der Waals surface area contributed by atoms with E-state index in [0.29, 0.717) is 6.10 Å². The van der Waals surface area contributed by atoms with Gasteiger partial charge in [-0.25, -0.2) is 0 Å². The predicted molar refractivity (Wildman–Crippen MR) is 77.7 cm³/mol. The number of benzene rings is 1. The second kappa shape index (κ2) is 7.05. The lowest BCUT2D eigenvalue weighted by Crippen LogP contribution is -2.10. The Balaban J connectivity index is 1.64. The van der Waals surface area contributed by atoms with Gasteiger partial charge in [-0.1, -0.05) is 12.1 Å². The van der Waals surface area contributed by atoms with Gasteiger partial charge in [0, 0.05) is 18.1 Å². The lowest BCUT2D eigenvalue weighted by molar-refractivity contribution is 0.129. The fourth-order valence-electron chi connectivity index (χ4n) is 2.06. The van der Waals surface area contributed by atoms with Crippen molar-refractivity contribution in [1.82, 2.24) is 0 Å². The normalized spacial score (nSPS) is 19.1. The summed E-state index contributed by atoms with van der Waals surface area (Å²) in [6, 6.07) is 6.35. The van der Waals surface area contributed by atoms with E-state index in [4.69, 9.17) is 9.47 Å². The molecule has 0 radical (unpaired) electrons. The summed E-state index contributed by atoms with van der Waals surface area (Å²) in [5.74, 6) is 3.16. The lowest BCUT2D eigenvalue weighted by atomic mass is 10.1. The molecule has 18 heavy (non-hydrogen) atoms. The van der Waals surface area contributed by atoms with Crippen molar-refractivity contribution in [3.63, 3.8) is 0 Å². The van der Waals surface area contributed by atoms with Gasteiger partial charge in [-0.2, -0.15) is 11.8 Å². The van der Waals surface area contributed by atoms with Gasteiger partial charge >= 0.3 is 0 Å². The molecule has 1 heterocycles. The van der Waals surface area contributed by atoms with Crippen LogP contribution in [0.4, 0.5) is 0 Å². The Hall–Kier alpha value is -0.670.